The first-order valence-corrected chi connectivity index (χ1v) is 5.26. The molecule has 2 unspecified atom stereocenters. The second-order valence-corrected chi connectivity index (χ2v) is 5.36. The second-order valence-electron chi connectivity index (χ2n) is 3.97. The van der Waals surface area contributed by atoms with Gasteiger partial charge in [0.2, 0.25) is 5.91 Å². The van der Waals surface area contributed by atoms with Crippen LogP contribution < -0.4 is 5.73 Å². The molecule has 1 fully saturated rings. The quantitative estimate of drug-likeness (QED) is 0.734. The van der Waals surface area contributed by atoms with E-state index in [9.17, 15) is 4.79 Å². The summed E-state index contributed by atoms with van der Waals surface area (Å²) >= 11 is 12.2. The highest BCUT2D eigenvalue weighted by Gasteiger charge is 2.79. The first kappa shape index (κ1) is 11.1. The topological polar surface area (TPSA) is 43.1 Å². The van der Waals surface area contributed by atoms with Crippen LogP contribution in [0.1, 0.15) is 27.2 Å². The third-order valence-corrected chi connectivity index (χ3v) is 4.33. The first-order chi connectivity index (χ1) is 5.83. The number of rotatable bonds is 3. The Morgan fingerprint density at radius 1 is 1.54 bits per heavy atom. The third kappa shape index (κ3) is 1.11. The Balaban J connectivity index is 3.04. The summed E-state index contributed by atoms with van der Waals surface area (Å²) in [4.78, 5) is 11.4. The number of primary amides is 1. The van der Waals surface area contributed by atoms with E-state index in [0.29, 0.717) is 0 Å². The van der Waals surface area contributed by atoms with Crippen molar-refractivity contribution in [3.05, 3.63) is 0 Å². The van der Waals surface area contributed by atoms with E-state index in [-0.39, 0.29) is 17.7 Å². The van der Waals surface area contributed by atoms with Crippen LogP contribution in [0.15, 0.2) is 0 Å². The van der Waals surface area contributed by atoms with Gasteiger partial charge in [0.15, 0.2) is 0 Å². The van der Waals surface area contributed by atoms with Crippen molar-refractivity contribution in [2.75, 3.05) is 0 Å². The van der Waals surface area contributed by atoms with Gasteiger partial charge in [-0.05, 0) is 12.3 Å². The molecule has 0 radical (unpaired) electrons. The predicted octanol–water partition coefficient (Wildman–Crippen LogP) is 2.33. The van der Waals surface area contributed by atoms with Crippen molar-refractivity contribution < 1.29 is 4.79 Å². The summed E-state index contributed by atoms with van der Waals surface area (Å²) in [6.07, 6.45) is 0.786. The zero-order valence-electron chi connectivity index (χ0n) is 8.10. The molecule has 1 aliphatic carbocycles. The normalized spacial score (nSPS) is 36.3. The van der Waals surface area contributed by atoms with Gasteiger partial charge in [0.05, 0.1) is 5.41 Å². The van der Waals surface area contributed by atoms with E-state index in [1.165, 1.54) is 0 Å². The molecule has 1 rings (SSSR count). The average Bonchev–Trinajstić information content (AvgIpc) is 2.47. The third-order valence-electron chi connectivity index (χ3n) is 3.18. The summed E-state index contributed by atoms with van der Waals surface area (Å²) < 4.78 is -0.957. The number of carbonyl (C=O) groups excluding carboxylic acids is 1. The predicted molar refractivity (Wildman–Crippen MR) is 54.7 cm³/mol. The molecule has 0 saturated heterocycles. The largest absolute Gasteiger partial charge is 0.369 e. The molecule has 1 aliphatic rings. The van der Waals surface area contributed by atoms with Gasteiger partial charge in [0.25, 0.3) is 0 Å². The van der Waals surface area contributed by atoms with E-state index in [0.717, 1.165) is 6.42 Å². The van der Waals surface area contributed by atoms with Crippen molar-refractivity contribution in [2.45, 2.75) is 31.5 Å². The lowest BCUT2D eigenvalue weighted by molar-refractivity contribution is -0.125. The van der Waals surface area contributed by atoms with E-state index in [2.05, 4.69) is 0 Å². The molecule has 2 N–H and O–H groups in total. The van der Waals surface area contributed by atoms with E-state index in [1.807, 2.05) is 20.8 Å². The Labute approximate surface area is 88.8 Å². The second kappa shape index (κ2) is 3.03. The fraction of sp³-hybridized carbons (Fsp3) is 0.889. The number of carbonyl (C=O) groups is 1. The van der Waals surface area contributed by atoms with Gasteiger partial charge < -0.3 is 5.73 Å². The van der Waals surface area contributed by atoms with Gasteiger partial charge in [-0.2, -0.15) is 0 Å². The maximum atomic E-state index is 11.4. The van der Waals surface area contributed by atoms with Crippen LogP contribution in [0.2, 0.25) is 0 Å². The van der Waals surface area contributed by atoms with E-state index in [1.54, 1.807) is 0 Å². The lowest BCUT2D eigenvalue weighted by Gasteiger charge is -2.18. The molecule has 2 atom stereocenters. The Morgan fingerprint density at radius 2 is 2.00 bits per heavy atom. The van der Waals surface area contributed by atoms with Crippen LogP contribution in [0.25, 0.3) is 0 Å². The minimum Gasteiger partial charge on any atom is -0.369 e. The number of amides is 1. The van der Waals surface area contributed by atoms with Crippen molar-refractivity contribution in [1.29, 1.82) is 0 Å². The fourth-order valence-corrected chi connectivity index (χ4v) is 3.91. The van der Waals surface area contributed by atoms with Crippen LogP contribution in [-0.2, 0) is 4.79 Å². The molecule has 0 aromatic carbocycles. The lowest BCUT2D eigenvalue weighted by atomic mass is 9.88. The average molecular weight is 224 g/mol. The highest BCUT2D eigenvalue weighted by molar-refractivity contribution is 6.53. The zero-order chi connectivity index (χ0) is 10.4. The van der Waals surface area contributed by atoms with E-state index in [4.69, 9.17) is 28.9 Å². The molecule has 1 amide bonds. The molecule has 0 aliphatic heterocycles. The standard InChI is InChI=1S/C9H15Cl2NO/c1-4-6-8(5(2)3,7(12)13)9(6,10)11/h5-6H,4H2,1-3H3,(H2,12,13). The van der Waals surface area contributed by atoms with Crippen LogP contribution >= 0.6 is 23.2 Å². The van der Waals surface area contributed by atoms with Crippen LogP contribution in [0.3, 0.4) is 0 Å². The van der Waals surface area contributed by atoms with Gasteiger partial charge in [-0.3, -0.25) is 4.79 Å². The van der Waals surface area contributed by atoms with Gasteiger partial charge in [0.1, 0.15) is 4.33 Å². The van der Waals surface area contributed by atoms with Crippen LogP contribution in [0, 0.1) is 17.3 Å². The molecule has 0 spiro atoms. The number of alkyl halides is 2. The summed E-state index contributed by atoms with van der Waals surface area (Å²) in [5.41, 5.74) is 4.65. The van der Waals surface area contributed by atoms with Crippen LogP contribution in [0.5, 0.6) is 0 Å². The number of halogens is 2. The summed E-state index contributed by atoms with van der Waals surface area (Å²) in [7, 11) is 0. The Bertz CT molecular complexity index is 240. The Kier molecular flexibility index (Phi) is 2.59. The lowest BCUT2D eigenvalue weighted by Crippen LogP contribution is -2.34. The fourth-order valence-electron chi connectivity index (χ4n) is 2.48. The summed E-state index contributed by atoms with van der Waals surface area (Å²) in [6.45, 7) is 5.83. The van der Waals surface area contributed by atoms with Crippen molar-refractivity contribution in [1.82, 2.24) is 0 Å². The highest BCUT2D eigenvalue weighted by atomic mass is 35.5. The van der Waals surface area contributed by atoms with Gasteiger partial charge in [-0.15, -0.1) is 23.2 Å². The molecule has 0 heterocycles. The number of hydrogen-bond acceptors (Lipinski definition) is 1. The van der Waals surface area contributed by atoms with Crippen molar-refractivity contribution in [3.8, 4) is 0 Å². The van der Waals surface area contributed by atoms with Crippen molar-refractivity contribution in [2.24, 2.45) is 23.0 Å². The molecule has 0 aromatic heterocycles. The Hall–Kier alpha value is 0.0500. The maximum absolute atomic E-state index is 11.4. The molecule has 2 nitrogen and oxygen atoms in total. The molecular formula is C9H15Cl2NO. The van der Waals surface area contributed by atoms with E-state index >= 15 is 0 Å². The molecule has 1 saturated carbocycles. The maximum Gasteiger partial charge on any atom is 0.227 e. The van der Waals surface area contributed by atoms with Crippen LogP contribution in [0.4, 0.5) is 0 Å². The van der Waals surface area contributed by atoms with Gasteiger partial charge in [-0.1, -0.05) is 20.8 Å². The van der Waals surface area contributed by atoms with Gasteiger partial charge >= 0.3 is 0 Å². The monoisotopic (exact) mass is 223 g/mol. The van der Waals surface area contributed by atoms with Gasteiger partial charge in [-0.25, -0.2) is 0 Å². The molecule has 0 bridgehead atoms. The Morgan fingerprint density at radius 3 is 2.08 bits per heavy atom. The summed E-state index contributed by atoms with van der Waals surface area (Å²) in [5, 5.41) is 0. The molecular weight excluding hydrogens is 209 g/mol. The molecule has 4 heteroatoms. The molecule has 13 heavy (non-hydrogen) atoms. The van der Waals surface area contributed by atoms with Crippen LogP contribution in [-0.4, -0.2) is 10.2 Å². The first-order valence-electron chi connectivity index (χ1n) is 4.51. The minimum atomic E-state index is -0.957. The number of nitrogens with two attached hydrogens (primary N) is 1. The summed E-state index contributed by atoms with van der Waals surface area (Å²) in [6, 6.07) is 0. The smallest absolute Gasteiger partial charge is 0.227 e. The number of hydrogen-bond donors (Lipinski definition) is 1. The highest BCUT2D eigenvalue weighted by Crippen LogP contribution is 2.73. The summed E-state index contributed by atoms with van der Waals surface area (Å²) in [5.74, 6) is -0.287. The zero-order valence-corrected chi connectivity index (χ0v) is 9.62. The van der Waals surface area contributed by atoms with Gasteiger partial charge in [0, 0.05) is 5.92 Å². The van der Waals surface area contributed by atoms with Crippen molar-refractivity contribution >= 4 is 29.1 Å². The van der Waals surface area contributed by atoms with Crippen molar-refractivity contribution in [3.63, 3.8) is 0 Å². The SMILES string of the molecule is CCC1C(Cl)(Cl)C1(C(N)=O)C(C)C. The molecule has 76 valence electrons. The molecule has 0 aromatic rings. The van der Waals surface area contributed by atoms with E-state index < -0.39 is 9.75 Å². The minimum absolute atomic E-state index is 0.000772.